The van der Waals surface area contributed by atoms with Crippen molar-refractivity contribution in [2.45, 2.75) is 38.8 Å². The lowest BCUT2D eigenvalue weighted by Gasteiger charge is -2.30. The molecule has 0 saturated heterocycles. The maximum Gasteiger partial charge on any atom is 0.305 e. The smallest absolute Gasteiger partial charge is 0.305 e. The molecule has 0 aliphatic carbocycles. The zero-order valence-electron chi connectivity index (χ0n) is 24.0. The van der Waals surface area contributed by atoms with Crippen molar-refractivity contribution in [3.8, 4) is 16.9 Å². The summed E-state index contributed by atoms with van der Waals surface area (Å²) in [6.45, 7) is 2.31. The van der Waals surface area contributed by atoms with Crippen LogP contribution in [-0.4, -0.2) is 47.5 Å². The van der Waals surface area contributed by atoms with E-state index in [9.17, 15) is 19.5 Å². The number of hydrogen-bond donors (Lipinski definition) is 2. The number of methoxy groups -OCH3 is 1. The predicted molar refractivity (Wildman–Crippen MR) is 164 cm³/mol. The summed E-state index contributed by atoms with van der Waals surface area (Å²) >= 11 is 0. The fourth-order valence-corrected chi connectivity index (χ4v) is 5.01. The number of carbonyl (C=O) groups is 3. The van der Waals surface area contributed by atoms with E-state index in [1.165, 1.54) is 0 Å². The van der Waals surface area contributed by atoms with Gasteiger partial charge < -0.3 is 20.1 Å². The number of hydrogen-bond acceptors (Lipinski definition) is 4. The van der Waals surface area contributed by atoms with Gasteiger partial charge in [0.15, 0.2) is 0 Å². The standard InChI is InChI=1S/C35H36N2O5/c1-25(20-21-26-12-4-3-5-13-26)37(23-22-33(38)39)35(41)31-18-10-8-16-29(31)28-15-7-9-17-30(28)34(40)36-24-27-14-6-11-19-32(27)42-2/h3-19,25H,20-24H2,1-2H3,(H,36,40)(H,38,39). The van der Waals surface area contributed by atoms with Gasteiger partial charge in [0.05, 0.1) is 13.5 Å². The molecule has 1 atom stereocenters. The summed E-state index contributed by atoms with van der Waals surface area (Å²) in [6, 6.07) is 31.6. The highest BCUT2D eigenvalue weighted by molar-refractivity contribution is 6.06. The number of carboxylic acids is 1. The third-order valence-electron chi connectivity index (χ3n) is 7.30. The van der Waals surface area contributed by atoms with Crippen LogP contribution in [0.3, 0.4) is 0 Å². The fraction of sp³-hybridized carbons (Fsp3) is 0.229. The molecule has 0 radical (unpaired) electrons. The summed E-state index contributed by atoms with van der Waals surface area (Å²) in [4.78, 5) is 40.6. The van der Waals surface area contributed by atoms with Crippen molar-refractivity contribution in [2.75, 3.05) is 13.7 Å². The molecule has 2 N–H and O–H groups in total. The Morgan fingerprint density at radius 2 is 1.40 bits per heavy atom. The summed E-state index contributed by atoms with van der Waals surface area (Å²) in [5.74, 6) is -0.826. The first-order valence-corrected chi connectivity index (χ1v) is 14.0. The summed E-state index contributed by atoms with van der Waals surface area (Å²) in [5, 5.41) is 12.4. The molecule has 7 heteroatoms. The number of aliphatic carboxylic acids is 1. The Hall–Kier alpha value is -4.91. The number of nitrogens with one attached hydrogen (secondary N) is 1. The average molecular weight is 565 g/mol. The van der Waals surface area contributed by atoms with Gasteiger partial charge in [0, 0.05) is 35.8 Å². The Labute approximate surface area is 246 Å². The van der Waals surface area contributed by atoms with Gasteiger partial charge >= 0.3 is 5.97 Å². The molecule has 42 heavy (non-hydrogen) atoms. The van der Waals surface area contributed by atoms with Crippen LogP contribution >= 0.6 is 0 Å². The molecule has 0 spiro atoms. The third kappa shape index (κ3) is 7.63. The number of rotatable bonds is 13. The van der Waals surface area contributed by atoms with Crippen LogP contribution in [0.1, 0.15) is 51.6 Å². The van der Waals surface area contributed by atoms with Gasteiger partial charge in [0.2, 0.25) is 0 Å². The second-order valence-electron chi connectivity index (χ2n) is 10.1. The minimum Gasteiger partial charge on any atom is -0.496 e. The van der Waals surface area contributed by atoms with Gasteiger partial charge in [-0.05, 0) is 54.7 Å². The molecule has 0 aromatic heterocycles. The number of carboxylic acid groups (broad SMARTS) is 1. The topological polar surface area (TPSA) is 95.9 Å². The van der Waals surface area contributed by atoms with Gasteiger partial charge in [-0.15, -0.1) is 0 Å². The van der Waals surface area contributed by atoms with Gasteiger partial charge in [0.25, 0.3) is 11.8 Å². The van der Waals surface area contributed by atoms with Crippen LogP contribution in [0.2, 0.25) is 0 Å². The maximum absolute atomic E-state index is 14.1. The van der Waals surface area contributed by atoms with Crippen LogP contribution in [0.5, 0.6) is 5.75 Å². The number of benzene rings is 4. The first-order chi connectivity index (χ1) is 20.4. The third-order valence-corrected chi connectivity index (χ3v) is 7.30. The Morgan fingerprint density at radius 1 is 0.810 bits per heavy atom. The molecule has 0 fully saturated rings. The minimum atomic E-state index is -0.964. The van der Waals surface area contributed by atoms with E-state index in [-0.39, 0.29) is 37.4 Å². The van der Waals surface area contributed by atoms with Crippen molar-refractivity contribution in [3.05, 3.63) is 125 Å². The van der Waals surface area contributed by atoms with Crippen LogP contribution < -0.4 is 10.1 Å². The van der Waals surface area contributed by atoms with Crippen LogP contribution in [-0.2, 0) is 17.8 Å². The van der Waals surface area contributed by atoms with E-state index in [1.54, 1.807) is 36.3 Å². The first kappa shape index (κ1) is 30.1. The second kappa shape index (κ2) is 14.6. The van der Waals surface area contributed by atoms with Gasteiger partial charge in [-0.1, -0.05) is 84.9 Å². The van der Waals surface area contributed by atoms with Crippen molar-refractivity contribution >= 4 is 17.8 Å². The molecule has 0 aliphatic rings. The molecule has 0 saturated carbocycles. The molecule has 4 aromatic rings. The SMILES string of the molecule is COc1ccccc1CNC(=O)c1ccccc1-c1ccccc1C(=O)N(CCC(=O)O)C(C)CCc1ccccc1. The summed E-state index contributed by atoms with van der Waals surface area (Å²) < 4.78 is 5.41. The highest BCUT2D eigenvalue weighted by Crippen LogP contribution is 2.29. The van der Waals surface area contributed by atoms with E-state index < -0.39 is 5.97 Å². The molecule has 0 aliphatic heterocycles. The summed E-state index contributed by atoms with van der Waals surface area (Å²) in [6.07, 6.45) is 1.28. The molecule has 4 aromatic carbocycles. The van der Waals surface area contributed by atoms with Crippen LogP contribution in [0, 0.1) is 0 Å². The molecule has 1 unspecified atom stereocenters. The summed E-state index contributed by atoms with van der Waals surface area (Å²) in [5.41, 5.74) is 4.08. The Kier molecular flexibility index (Phi) is 10.5. The normalized spacial score (nSPS) is 11.4. The van der Waals surface area contributed by atoms with E-state index in [0.717, 1.165) is 17.5 Å². The lowest BCUT2D eigenvalue weighted by atomic mass is 9.93. The first-order valence-electron chi connectivity index (χ1n) is 14.0. The molecule has 2 amide bonds. The molecule has 216 valence electrons. The monoisotopic (exact) mass is 564 g/mol. The Bertz CT molecular complexity index is 1520. The zero-order chi connectivity index (χ0) is 29.9. The maximum atomic E-state index is 14.1. The number of para-hydroxylation sites is 1. The highest BCUT2D eigenvalue weighted by Gasteiger charge is 2.26. The molecular weight excluding hydrogens is 528 g/mol. The molecule has 4 rings (SSSR count). The van der Waals surface area contributed by atoms with Crippen molar-refractivity contribution in [1.29, 1.82) is 0 Å². The van der Waals surface area contributed by atoms with E-state index in [0.29, 0.717) is 34.4 Å². The number of nitrogens with zero attached hydrogens (tertiary/aromatic N) is 1. The quantitative estimate of drug-likeness (QED) is 0.201. The largest absolute Gasteiger partial charge is 0.496 e. The molecule has 0 bridgehead atoms. The number of carbonyl (C=O) groups excluding carboxylic acids is 2. The minimum absolute atomic E-state index is 0.0828. The number of amides is 2. The average Bonchev–Trinajstić information content (AvgIpc) is 3.03. The van der Waals surface area contributed by atoms with Crippen molar-refractivity contribution in [3.63, 3.8) is 0 Å². The molecule has 0 heterocycles. The highest BCUT2D eigenvalue weighted by atomic mass is 16.5. The fourth-order valence-electron chi connectivity index (χ4n) is 5.01. The number of aryl methyl sites for hydroxylation is 1. The van der Waals surface area contributed by atoms with E-state index in [2.05, 4.69) is 5.32 Å². The van der Waals surface area contributed by atoms with Crippen LogP contribution in [0.4, 0.5) is 0 Å². The van der Waals surface area contributed by atoms with Crippen LogP contribution in [0.15, 0.2) is 103 Å². The van der Waals surface area contributed by atoms with Gasteiger partial charge in [-0.25, -0.2) is 0 Å². The van der Waals surface area contributed by atoms with Crippen molar-refractivity contribution in [2.24, 2.45) is 0 Å². The van der Waals surface area contributed by atoms with Gasteiger partial charge in [0.1, 0.15) is 5.75 Å². The van der Waals surface area contributed by atoms with E-state index in [1.807, 2.05) is 85.8 Å². The Balaban J connectivity index is 1.61. The molecule has 7 nitrogen and oxygen atoms in total. The van der Waals surface area contributed by atoms with Crippen molar-refractivity contribution < 1.29 is 24.2 Å². The zero-order valence-corrected chi connectivity index (χ0v) is 24.0. The lowest BCUT2D eigenvalue weighted by molar-refractivity contribution is -0.137. The van der Waals surface area contributed by atoms with Crippen molar-refractivity contribution in [1.82, 2.24) is 10.2 Å². The van der Waals surface area contributed by atoms with Gasteiger partial charge in [-0.2, -0.15) is 0 Å². The number of ether oxygens (including phenoxy) is 1. The second-order valence-corrected chi connectivity index (χ2v) is 10.1. The van der Waals surface area contributed by atoms with E-state index >= 15 is 0 Å². The molecular formula is C35H36N2O5. The van der Waals surface area contributed by atoms with Gasteiger partial charge in [-0.3, -0.25) is 14.4 Å². The lowest BCUT2D eigenvalue weighted by Crippen LogP contribution is -2.40. The summed E-state index contributed by atoms with van der Waals surface area (Å²) in [7, 11) is 1.59. The van der Waals surface area contributed by atoms with Crippen LogP contribution in [0.25, 0.3) is 11.1 Å². The van der Waals surface area contributed by atoms with E-state index in [4.69, 9.17) is 4.74 Å². The Morgan fingerprint density at radius 3 is 2.10 bits per heavy atom. The predicted octanol–water partition coefficient (Wildman–Crippen LogP) is 6.23.